The van der Waals surface area contributed by atoms with Crippen LogP contribution < -0.4 is 0 Å². The van der Waals surface area contributed by atoms with E-state index < -0.39 is 0 Å². The van der Waals surface area contributed by atoms with Gasteiger partial charge >= 0.3 is 0 Å². The van der Waals surface area contributed by atoms with Crippen LogP contribution in [0, 0.1) is 0 Å². The largest absolute Gasteiger partial charge is 0.0587 e. The van der Waals surface area contributed by atoms with Crippen LogP contribution in [0.15, 0.2) is 36.4 Å². The molecule has 0 saturated carbocycles. The topological polar surface area (TPSA) is 0 Å². The zero-order chi connectivity index (χ0) is 13.6. The Bertz CT molecular complexity index is 568. The molecule has 0 radical (unpaired) electrons. The molecule has 20 heavy (non-hydrogen) atoms. The second kappa shape index (κ2) is 5.88. The number of hydrogen-bond acceptors (Lipinski definition) is 0. The van der Waals surface area contributed by atoms with Crippen molar-refractivity contribution in [1.29, 1.82) is 0 Å². The van der Waals surface area contributed by atoms with Gasteiger partial charge in [0.05, 0.1) is 0 Å². The summed E-state index contributed by atoms with van der Waals surface area (Å²) >= 11 is 0. The second-order valence-corrected chi connectivity index (χ2v) is 6.32. The van der Waals surface area contributed by atoms with Gasteiger partial charge in [0, 0.05) is 21.7 Å². The molecule has 0 bridgehead atoms. The summed E-state index contributed by atoms with van der Waals surface area (Å²) in [5, 5.41) is 0. The average molecular weight is 298 g/mol. The van der Waals surface area contributed by atoms with E-state index >= 15 is 0 Å². The minimum Gasteiger partial charge on any atom is -0.0587 e. The zero-order valence-electron chi connectivity index (χ0n) is 12.8. The normalized spacial score (nSPS) is 12.3. The van der Waals surface area contributed by atoms with Gasteiger partial charge in [0.25, 0.3) is 0 Å². The minimum atomic E-state index is 0. The summed E-state index contributed by atoms with van der Waals surface area (Å²) in [5.74, 6) is 1.22. The van der Waals surface area contributed by atoms with Gasteiger partial charge < -0.3 is 0 Å². The first-order valence-corrected chi connectivity index (χ1v) is 7.32. The monoisotopic (exact) mass is 298 g/mol. The Hall–Kier alpha value is -0.846. The fourth-order valence-electron chi connectivity index (χ4n) is 2.97. The quantitative estimate of drug-likeness (QED) is 0.548. The van der Waals surface area contributed by atoms with Crippen molar-refractivity contribution in [2.75, 3.05) is 0 Å². The van der Waals surface area contributed by atoms with Crippen molar-refractivity contribution in [3.8, 4) is 11.1 Å². The molecule has 0 saturated heterocycles. The smallest absolute Gasteiger partial charge is 0 e. The molecule has 0 N–H and O–H groups in total. The van der Waals surface area contributed by atoms with Crippen molar-refractivity contribution in [2.45, 2.75) is 46.0 Å². The van der Waals surface area contributed by atoms with Gasteiger partial charge in [0.1, 0.15) is 0 Å². The summed E-state index contributed by atoms with van der Waals surface area (Å²) in [6.07, 6.45) is 1.10. The summed E-state index contributed by atoms with van der Waals surface area (Å²) in [7, 11) is 0. The molecule has 1 heteroatoms. The van der Waals surface area contributed by atoms with E-state index in [1.807, 2.05) is 0 Å². The number of benzene rings is 2. The predicted octanol–water partition coefficient (Wildman–Crippen LogP) is 5.50. The average Bonchev–Trinajstić information content (AvgIpc) is 2.74. The van der Waals surface area contributed by atoms with Crippen LogP contribution in [0.4, 0.5) is 0 Å². The third kappa shape index (κ3) is 2.64. The second-order valence-electron chi connectivity index (χ2n) is 6.32. The van der Waals surface area contributed by atoms with Crippen LogP contribution in [-0.2, 0) is 28.1 Å². The number of rotatable bonds is 2. The molecular formula is C19H22Ti. The summed E-state index contributed by atoms with van der Waals surface area (Å²) in [6, 6.07) is 14.0. The van der Waals surface area contributed by atoms with Crippen molar-refractivity contribution >= 4 is 0 Å². The molecule has 0 nitrogen and oxygen atoms in total. The van der Waals surface area contributed by atoms with E-state index in [4.69, 9.17) is 0 Å². The maximum atomic E-state index is 2.40. The Morgan fingerprint density at radius 3 is 1.45 bits per heavy atom. The minimum absolute atomic E-state index is 0. The predicted molar refractivity (Wildman–Crippen MR) is 82.9 cm³/mol. The molecule has 2 aromatic rings. The molecule has 0 atom stereocenters. The molecule has 0 aliphatic heterocycles. The van der Waals surface area contributed by atoms with Crippen molar-refractivity contribution in [3.05, 3.63) is 58.7 Å². The van der Waals surface area contributed by atoms with Gasteiger partial charge in [-0.3, -0.25) is 0 Å². The van der Waals surface area contributed by atoms with Gasteiger partial charge in [-0.2, -0.15) is 0 Å². The van der Waals surface area contributed by atoms with E-state index in [9.17, 15) is 0 Å². The Balaban J connectivity index is 0.00000147. The molecule has 1 aliphatic rings. The van der Waals surface area contributed by atoms with Gasteiger partial charge in [0.2, 0.25) is 0 Å². The summed E-state index contributed by atoms with van der Waals surface area (Å²) in [5.41, 5.74) is 8.79. The van der Waals surface area contributed by atoms with E-state index in [1.54, 1.807) is 0 Å². The molecule has 0 aromatic heterocycles. The first-order valence-electron chi connectivity index (χ1n) is 7.32. The molecule has 0 heterocycles. The van der Waals surface area contributed by atoms with Crippen molar-refractivity contribution < 1.29 is 21.7 Å². The third-order valence-electron chi connectivity index (χ3n) is 4.26. The Labute approximate surface area is 137 Å². The van der Waals surface area contributed by atoms with Gasteiger partial charge in [-0.1, -0.05) is 64.1 Å². The van der Waals surface area contributed by atoms with Gasteiger partial charge in [-0.15, -0.1) is 0 Å². The molecule has 1 aliphatic carbocycles. The Morgan fingerprint density at radius 1 is 0.700 bits per heavy atom. The van der Waals surface area contributed by atoms with Crippen molar-refractivity contribution in [3.63, 3.8) is 0 Å². The van der Waals surface area contributed by atoms with Crippen LogP contribution in [0.1, 0.15) is 61.8 Å². The Morgan fingerprint density at radius 2 is 1.10 bits per heavy atom. The maximum Gasteiger partial charge on any atom is 0 e. The van der Waals surface area contributed by atoms with Gasteiger partial charge in [0.15, 0.2) is 0 Å². The van der Waals surface area contributed by atoms with E-state index in [0.29, 0.717) is 11.8 Å². The van der Waals surface area contributed by atoms with Crippen molar-refractivity contribution in [1.82, 2.24) is 0 Å². The molecule has 2 aromatic carbocycles. The fraction of sp³-hybridized carbons (Fsp3) is 0.368. The summed E-state index contributed by atoms with van der Waals surface area (Å²) < 4.78 is 0. The van der Waals surface area contributed by atoms with Crippen LogP contribution in [-0.4, -0.2) is 0 Å². The molecular weight excluding hydrogens is 276 g/mol. The number of fused-ring (bicyclic) bond motifs is 3. The summed E-state index contributed by atoms with van der Waals surface area (Å²) in [6.45, 7) is 9.06. The number of hydrogen-bond donors (Lipinski definition) is 0. The van der Waals surface area contributed by atoms with Gasteiger partial charge in [-0.25, -0.2) is 0 Å². The molecule has 0 spiro atoms. The van der Waals surface area contributed by atoms with Crippen LogP contribution in [0.3, 0.4) is 0 Å². The molecule has 0 unspecified atom stereocenters. The first kappa shape index (κ1) is 15.5. The zero-order valence-corrected chi connectivity index (χ0v) is 14.4. The maximum absolute atomic E-state index is 2.40. The first-order chi connectivity index (χ1) is 9.06. The van der Waals surface area contributed by atoms with E-state index in [2.05, 4.69) is 64.1 Å². The molecule has 0 amide bonds. The van der Waals surface area contributed by atoms with E-state index in [0.717, 1.165) is 6.42 Å². The van der Waals surface area contributed by atoms with E-state index in [1.165, 1.54) is 33.4 Å². The van der Waals surface area contributed by atoms with E-state index in [-0.39, 0.29) is 21.7 Å². The molecule has 3 rings (SSSR count). The standard InChI is InChI=1S/C19H22.Ti/c1-12(2)14-5-7-18-16(9-14)11-17-10-15(13(3)4)6-8-19(17)18;/h5-10,12-13H,11H2,1-4H3;. The molecule has 102 valence electrons. The van der Waals surface area contributed by atoms with Crippen molar-refractivity contribution in [2.24, 2.45) is 0 Å². The van der Waals surface area contributed by atoms with Gasteiger partial charge in [-0.05, 0) is 51.6 Å². The third-order valence-corrected chi connectivity index (χ3v) is 4.26. The SMILES string of the molecule is CC(C)c1ccc2c(c1)Cc1cc(C(C)C)ccc1-2.[Ti]. The fourth-order valence-corrected chi connectivity index (χ4v) is 2.97. The van der Waals surface area contributed by atoms with Crippen LogP contribution in [0.5, 0.6) is 0 Å². The molecule has 0 fully saturated rings. The summed E-state index contributed by atoms with van der Waals surface area (Å²) in [4.78, 5) is 0. The van der Waals surface area contributed by atoms with Crippen LogP contribution in [0.25, 0.3) is 11.1 Å². The van der Waals surface area contributed by atoms with Crippen LogP contribution in [0.2, 0.25) is 0 Å². The Kier molecular flexibility index (Phi) is 4.57. The van der Waals surface area contributed by atoms with Crippen LogP contribution >= 0.6 is 0 Å².